The zero-order valence-electron chi connectivity index (χ0n) is 7.86. The van der Waals surface area contributed by atoms with Crippen molar-refractivity contribution in [2.45, 2.75) is 18.4 Å². The lowest BCUT2D eigenvalue weighted by molar-refractivity contribution is 0.548. The van der Waals surface area contributed by atoms with Crippen molar-refractivity contribution in [3.05, 3.63) is 18.1 Å². The Kier molecular flexibility index (Phi) is 2.18. The minimum Gasteiger partial charge on any atom is -0.346 e. The molecule has 80 valence electrons. The maximum atomic E-state index is 12.9. The van der Waals surface area contributed by atoms with Crippen molar-refractivity contribution in [2.24, 2.45) is 0 Å². The van der Waals surface area contributed by atoms with Crippen LogP contribution in [0.4, 0.5) is 3.89 Å². The zero-order chi connectivity index (χ0) is 11.1. The van der Waals surface area contributed by atoms with E-state index in [2.05, 4.69) is 15.0 Å². The molecule has 0 spiro atoms. The van der Waals surface area contributed by atoms with Crippen LogP contribution in [0.15, 0.2) is 17.3 Å². The molecule has 0 aliphatic heterocycles. The fraction of sp³-hybridized carbons (Fsp3) is 0.250. The van der Waals surface area contributed by atoms with Gasteiger partial charge in [0.25, 0.3) is 0 Å². The van der Waals surface area contributed by atoms with Gasteiger partial charge in [0.15, 0.2) is 5.03 Å². The minimum absolute atomic E-state index is 0.176. The van der Waals surface area contributed by atoms with E-state index in [0.717, 1.165) is 0 Å². The van der Waals surface area contributed by atoms with Gasteiger partial charge in [0.1, 0.15) is 11.5 Å². The number of nitrogens with zero attached hydrogens (tertiary/aromatic N) is 2. The van der Waals surface area contributed by atoms with Crippen molar-refractivity contribution in [3.8, 4) is 0 Å². The summed E-state index contributed by atoms with van der Waals surface area (Å²) in [5.41, 5.74) is 0.332. The van der Waals surface area contributed by atoms with Gasteiger partial charge < -0.3 is 4.98 Å². The summed E-state index contributed by atoms with van der Waals surface area (Å²) >= 11 is 0. The predicted octanol–water partition coefficient (Wildman–Crippen LogP) is 1.18. The van der Waals surface area contributed by atoms with Crippen LogP contribution in [-0.4, -0.2) is 23.4 Å². The summed E-state index contributed by atoms with van der Waals surface area (Å²) in [7, 11) is -4.80. The molecule has 0 saturated heterocycles. The van der Waals surface area contributed by atoms with E-state index in [0.29, 0.717) is 17.9 Å². The molecule has 1 N–H and O–H groups in total. The Labute approximate surface area is 85.6 Å². The maximum Gasteiger partial charge on any atom is 0.350 e. The number of aromatic amines is 1. The number of rotatable bonds is 2. The number of hydrogen-bond donors (Lipinski definition) is 1. The van der Waals surface area contributed by atoms with Crippen molar-refractivity contribution >= 4 is 21.3 Å². The summed E-state index contributed by atoms with van der Waals surface area (Å²) in [6.45, 7) is 1.76. The lowest BCUT2D eigenvalue weighted by atomic mass is 10.4. The number of H-pyrrole nitrogens is 1. The molecule has 2 rings (SSSR count). The lowest BCUT2D eigenvalue weighted by Gasteiger charge is -2.00. The minimum atomic E-state index is -4.80. The van der Waals surface area contributed by atoms with Gasteiger partial charge in [-0.3, -0.25) is 0 Å². The third-order valence-electron chi connectivity index (χ3n) is 1.97. The molecule has 0 saturated carbocycles. The van der Waals surface area contributed by atoms with Crippen molar-refractivity contribution in [1.29, 1.82) is 0 Å². The first-order valence-corrected chi connectivity index (χ1v) is 5.69. The number of nitrogens with one attached hydrogen (secondary N) is 1. The first-order chi connectivity index (χ1) is 7.02. The molecule has 0 bridgehead atoms. The summed E-state index contributed by atoms with van der Waals surface area (Å²) in [6.07, 6.45) is 1.94. The monoisotopic (exact) mass is 229 g/mol. The third-order valence-corrected chi connectivity index (χ3v) is 2.75. The first kappa shape index (κ1) is 10.0. The van der Waals surface area contributed by atoms with Gasteiger partial charge in [-0.1, -0.05) is 10.8 Å². The molecule has 7 heteroatoms. The number of aryl methyl sites for hydroxylation is 1. The molecular formula is C8H8FN3O2S. The average Bonchev–Trinajstić information content (AvgIpc) is 2.61. The standard InChI is InChI=1S/C8H8FN3O2S/c1-2-6-11-7-5(3-4-10-7)8(12-6)15(9,13)14/h3-4H,2H2,1H3,(H,10,11,12). The second-order valence-electron chi connectivity index (χ2n) is 2.98. The molecule has 0 aliphatic rings. The SMILES string of the molecule is CCc1nc(S(=O)(=O)F)c2cc[nH]c2n1. The lowest BCUT2D eigenvalue weighted by Crippen LogP contribution is -2.02. The van der Waals surface area contributed by atoms with Crippen LogP contribution >= 0.6 is 0 Å². The molecule has 0 fully saturated rings. The topological polar surface area (TPSA) is 75.7 Å². The summed E-state index contributed by atoms with van der Waals surface area (Å²) in [4.78, 5) is 10.4. The normalized spacial score (nSPS) is 12.1. The Balaban J connectivity index is 2.86. The summed E-state index contributed by atoms with van der Waals surface area (Å²) in [5, 5.41) is -0.389. The second kappa shape index (κ2) is 3.27. The van der Waals surface area contributed by atoms with E-state index in [-0.39, 0.29) is 5.39 Å². The average molecular weight is 229 g/mol. The van der Waals surface area contributed by atoms with Gasteiger partial charge in [-0.05, 0) is 6.07 Å². The quantitative estimate of drug-likeness (QED) is 0.619. The van der Waals surface area contributed by atoms with Gasteiger partial charge in [0.05, 0.1) is 5.39 Å². The molecule has 0 amide bonds. The predicted molar refractivity (Wildman–Crippen MR) is 51.6 cm³/mol. The number of halogens is 1. The molecule has 0 atom stereocenters. The highest BCUT2D eigenvalue weighted by Crippen LogP contribution is 2.20. The number of aromatic nitrogens is 3. The zero-order valence-corrected chi connectivity index (χ0v) is 8.68. The van der Waals surface area contributed by atoms with E-state index in [1.165, 1.54) is 12.3 Å². The second-order valence-corrected chi connectivity index (χ2v) is 4.24. The van der Waals surface area contributed by atoms with E-state index in [4.69, 9.17) is 0 Å². The highest BCUT2D eigenvalue weighted by atomic mass is 32.3. The Bertz CT molecular complexity index is 605. The molecule has 0 aromatic carbocycles. The van der Waals surface area contributed by atoms with Crippen molar-refractivity contribution in [1.82, 2.24) is 15.0 Å². The fourth-order valence-electron chi connectivity index (χ4n) is 1.30. The van der Waals surface area contributed by atoms with Crippen molar-refractivity contribution in [3.63, 3.8) is 0 Å². The van der Waals surface area contributed by atoms with Gasteiger partial charge in [0, 0.05) is 12.6 Å². The van der Waals surface area contributed by atoms with Crippen LogP contribution in [0.3, 0.4) is 0 Å². The van der Waals surface area contributed by atoms with Crippen LogP contribution in [0.1, 0.15) is 12.7 Å². The van der Waals surface area contributed by atoms with Crippen LogP contribution in [0.25, 0.3) is 11.0 Å². The van der Waals surface area contributed by atoms with Crippen molar-refractivity contribution < 1.29 is 12.3 Å². The smallest absolute Gasteiger partial charge is 0.346 e. The summed E-state index contributed by atoms with van der Waals surface area (Å²) in [5.74, 6) is 0.293. The van der Waals surface area contributed by atoms with Crippen LogP contribution < -0.4 is 0 Å². The highest BCUT2D eigenvalue weighted by molar-refractivity contribution is 7.86. The first-order valence-electron chi connectivity index (χ1n) is 4.31. The molecule has 15 heavy (non-hydrogen) atoms. The molecule has 2 aromatic heterocycles. The van der Waals surface area contributed by atoms with Gasteiger partial charge >= 0.3 is 10.2 Å². The van der Waals surface area contributed by atoms with E-state index in [1.54, 1.807) is 6.92 Å². The van der Waals surface area contributed by atoms with Gasteiger partial charge in [0.2, 0.25) is 0 Å². The maximum absolute atomic E-state index is 12.9. The third kappa shape index (κ3) is 1.70. The van der Waals surface area contributed by atoms with E-state index in [9.17, 15) is 12.3 Å². The van der Waals surface area contributed by atoms with Crippen LogP contribution in [0.5, 0.6) is 0 Å². The Hall–Kier alpha value is -1.50. The number of fused-ring (bicyclic) bond motifs is 1. The van der Waals surface area contributed by atoms with Gasteiger partial charge in [-0.25, -0.2) is 9.97 Å². The summed E-state index contributed by atoms with van der Waals surface area (Å²) in [6, 6.07) is 1.43. The fourth-order valence-corrected chi connectivity index (χ4v) is 1.94. The molecule has 2 heterocycles. The van der Waals surface area contributed by atoms with Crippen molar-refractivity contribution in [2.75, 3.05) is 0 Å². The molecule has 5 nitrogen and oxygen atoms in total. The molecule has 0 unspecified atom stereocenters. The van der Waals surface area contributed by atoms with Crippen LogP contribution in [-0.2, 0) is 16.6 Å². The van der Waals surface area contributed by atoms with E-state index < -0.39 is 15.2 Å². The summed E-state index contributed by atoms with van der Waals surface area (Å²) < 4.78 is 34.6. The Morgan fingerprint density at radius 1 is 1.47 bits per heavy atom. The molecule has 0 aliphatic carbocycles. The Morgan fingerprint density at radius 3 is 2.80 bits per heavy atom. The molecule has 2 aromatic rings. The molecular weight excluding hydrogens is 221 g/mol. The Morgan fingerprint density at radius 2 is 2.20 bits per heavy atom. The molecule has 0 radical (unpaired) electrons. The van der Waals surface area contributed by atoms with Gasteiger partial charge in [-0.15, -0.1) is 0 Å². The van der Waals surface area contributed by atoms with E-state index in [1.807, 2.05) is 0 Å². The highest BCUT2D eigenvalue weighted by Gasteiger charge is 2.20. The van der Waals surface area contributed by atoms with Crippen LogP contribution in [0.2, 0.25) is 0 Å². The largest absolute Gasteiger partial charge is 0.350 e. The van der Waals surface area contributed by atoms with Crippen LogP contribution in [0, 0.1) is 0 Å². The van der Waals surface area contributed by atoms with Gasteiger partial charge in [-0.2, -0.15) is 8.42 Å². The number of hydrogen-bond acceptors (Lipinski definition) is 4. The van der Waals surface area contributed by atoms with E-state index >= 15 is 0 Å².